The summed E-state index contributed by atoms with van der Waals surface area (Å²) in [5, 5.41) is 8.92. The second kappa shape index (κ2) is 3.27. The molecule has 0 aliphatic carbocycles. The molecule has 0 spiro atoms. The highest BCUT2D eigenvalue weighted by Crippen LogP contribution is 2.27. The number of hydrogen-bond donors (Lipinski definition) is 0. The van der Waals surface area contributed by atoms with Crippen molar-refractivity contribution in [3.8, 4) is 6.07 Å². The van der Waals surface area contributed by atoms with E-state index in [1.165, 1.54) is 6.20 Å². The fourth-order valence-electron chi connectivity index (χ4n) is 0.545. The Morgan fingerprint density at radius 3 is 2.45 bits per heavy atom. The summed E-state index contributed by atoms with van der Waals surface area (Å²) in [6.45, 7) is 0. The Hall–Kier alpha value is -0.490. The lowest BCUT2D eigenvalue weighted by molar-refractivity contribution is 1.31. The maximum Gasteiger partial charge on any atom is 0.149 e. The molecule has 1 rings (SSSR count). The van der Waals surface area contributed by atoms with E-state index in [9.17, 15) is 0 Å². The van der Waals surface area contributed by atoms with E-state index in [0.29, 0.717) is 0 Å². The van der Waals surface area contributed by atoms with E-state index in [-0.39, 0.29) is 20.8 Å². The SMILES string of the molecule is N#Cc1c(Cl)cnc(Cl)c1Cl. The minimum atomic E-state index is 0.0904. The molecule has 0 aromatic carbocycles. The van der Waals surface area contributed by atoms with Gasteiger partial charge in [-0.1, -0.05) is 34.8 Å². The van der Waals surface area contributed by atoms with Crippen LogP contribution < -0.4 is 0 Å². The van der Waals surface area contributed by atoms with Crippen LogP contribution in [0.5, 0.6) is 0 Å². The van der Waals surface area contributed by atoms with Crippen LogP contribution in [0.3, 0.4) is 0 Å². The molecule has 1 heterocycles. The summed E-state index contributed by atoms with van der Waals surface area (Å²) in [7, 11) is 0. The van der Waals surface area contributed by atoms with Gasteiger partial charge in [0.15, 0.2) is 0 Å². The zero-order valence-electron chi connectivity index (χ0n) is 5.11. The molecule has 56 valence electrons. The Balaban J connectivity index is 3.44. The predicted octanol–water partition coefficient (Wildman–Crippen LogP) is 2.91. The first-order chi connectivity index (χ1) is 5.16. The molecule has 0 aliphatic rings. The van der Waals surface area contributed by atoms with E-state index in [0.717, 1.165) is 0 Å². The van der Waals surface area contributed by atoms with Crippen molar-refractivity contribution in [2.24, 2.45) is 0 Å². The largest absolute Gasteiger partial charge is 0.241 e. The highest BCUT2D eigenvalue weighted by molar-refractivity contribution is 6.43. The number of aromatic nitrogens is 1. The van der Waals surface area contributed by atoms with Crippen molar-refractivity contribution in [2.45, 2.75) is 0 Å². The molecule has 0 amide bonds. The Labute approximate surface area is 78.3 Å². The lowest BCUT2D eigenvalue weighted by Gasteiger charge is -1.97. The third-order valence-corrected chi connectivity index (χ3v) is 2.08. The van der Waals surface area contributed by atoms with Crippen molar-refractivity contribution in [1.82, 2.24) is 4.98 Å². The first kappa shape index (κ1) is 8.61. The van der Waals surface area contributed by atoms with E-state index in [1.807, 2.05) is 6.07 Å². The minimum absolute atomic E-state index is 0.0904. The number of nitrogens with zero attached hydrogens (tertiary/aromatic N) is 2. The molecular formula is C6HCl3N2. The van der Waals surface area contributed by atoms with Crippen molar-refractivity contribution >= 4 is 34.8 Å². The lowest BCUT2D eigenvalue weighted by atomic mass is 10.3. The van der Waals surface area contributed by atoms with Crippen LogP contribution in [0.1, 0.15) is 5.56 Å². The molecule has 5 heteroatoms. The van der Waals surface area contributed by atoms with Crippen LogP contribution in [0.2, 0.25) is 15.2 Å². The van der Waals surface area contributed by atoms with Gasteiger partial charge >= 0.3 is 0 Å². The number of hydrogen-bond acceptors (Lipinski definition) is 2. The molecule has 0 aliphatic heterocycles. The van der Waals surface area contributed by atoms with Crippen LogP contribution >= 0.6 is 34.8 Å². The van der Waals surface area contributed by atoms with Crippen LogP contribution in [0.4, 0.5) is 0 Å². The molecule has 0 fully saturated rings. The summed E-state index contributed by atoms with van der Waals surface area (Å²) in [4.78, 5) is 3.64. The van der Waals surface area contributed by atoms with E-state index < -0.39 is 0 Å². The van der Waals surface area contributed by atoms with Gasteiger partial charge in [-0.2, -0.15) is 5.26 Å². The van der Waals surface area contributed by atoms with Gasteiger partial charge in [0.1, 0.15) is 11.2 Å². The maximum atomic E-state index is 8.52. The molecule has 1 aromatic rings. The second-order valence-corrected chi connectivity index (χ2v) is 2.84. The molecule has 0 radical (unpaired) electrons. The topological polar surface area (TPSA) is 36.7 Å². The van der Waals surface area contributed by atoms with Crippen LogP contribution in [-0.4, -0.2) is 4.98 Å². The zero-order valence-corrected chi connectivity index (χ0v) is 7.37. The summed E-state index contributed by atoms with van der Waals surface area (Å²) in [6.07, 6.45) is 1.29. The van der Waals surface area contributed by atoms with E-state index in [4.69, 9.17) is 40.1 Å². The molecule has 0 unspecified atom stereocenters. The van der Waals surface area contributed by atoms with E-state index in [2.05, 4.69) is 4.98 Å². The first-order valence-electron chi connectivity index (χ1n) is 2.56. The van der Waals surface area contributed by atoms with Crippen molar-refractivity contribution < 1.29 is 0 Å². The van der Waals surface area contributed by atoms with Gasteiger partial charge in [-0.05, 0) is 0 Å². The van der Waals surface area contributed by atoms with Crippen LogP contribution in [-0.2, 0) is 0 Å². The Bertz CT molecular complexity index is 329. The zero-order chi connectivity index (χ0) is 8.43. The van der Waals surface area contributed by atoms with Crippen LogP contribution in [0.25, 0.3) is 0 Å². The van der Waals surface area contributed by atoms with Crippen LogP contribution in [0, 0.1) is 11.3 Å². The molecule has 0 atom stereocenters. The fraction of sp³-hybridized carbons (Fsp3) is 0. The highest BCUT2D eigenvalue weighted by atomic mass is 35.5. The normalized spacial score (nSPS) is 9.27. The molecule has 2 nitrogen and oxygen atoms in total. The summed E-state index contributed by atoms with van der Waals surface area (Å²) in [5.74, 6) is 0. The summed E-state index contributed by atoms with van der Waals surface area (Å²) >= 11 is 16.7. The molecule has 0 saturated heterocycles. The number of nitriles is 1. The average Bonchev–Trinajstić information content (AvgIpc) is 1.99. The molecule has 1 aromatic heterocycles. The van der Waals surface area contributed by atoms with Crippen molar-refractivity contribution in [1.29, 1.82) is 5.26 Å². The minimum Gasteiger partial charge on any atom is -0.241 e. The third kappa shape index (κ3) is 1.57. The molecule has 0 saturated carbocycles. The summed E-state index contributed by atoms with van der Waals surface area (Å²) in [6, 6.07) is 1.82. The van der Waals surface area contributed by atoms with Crippen LogP contribution in [0.15, 0.2) is 6.20 Å². The highest BCUT2D eigenvalue weighted by Gasteiger charge is 2.09. The molecule has 0 bridgehead atoms. The van der Waals surface area contributed by atoms with Gasteiger partial charge in [0, 0.05) is 6.20 Å². The maximum absolute atomic E-state index is 8.52. The van der Waals surface area contributed by atoms with Gasteiger partial charge < -0.3 is 0 Å². The Kier molecular flexibility index (Phi) is 2.56. The standard InChI is InChI=1S/C6HCl3N2/c7-4-2-11-6(9)5(8)3(4)1-10/h2H. The van der Waals surface area contributed by atoms with Gasteiger partial charge in [-0.15, -0.1) is 0 Å². The number of rotatable bonds is 0. The monoisotopic (exact) mass is 206 g/mol. The quantitative estimate of drug-likeness (QED) is 0.613. The van der Waals surface area contributed by atoms with Gasteiger partial charge in [-0.25, -0.2) is 4.98 Å². The lowest BCUT2D eigenvalue weighted by Crippen LogP contribution is -1.83. The summed E-state index contributed by atoms with van der Waals surface area (Å²) < 4.78 is 0. The number of pyridine rings is 1. The van der Waals surface area contributed by atoms with E-state index >= 15 is 0 Å². The van der Waals surface area contributed by atoms with Gasteiger partial charge in [0.25, 0.3) is 0 Å². The Morgan fingerprint density at radius 1 is 1.36 bits per heavy atom. The first-order valence-corrected chi connectivity index (χ1v) is 3.69. The van der Waals surface area contributed by atoms with Gasteiger partial charge in [0.05, 0.1) is 15.6 Å². The fourth-order valence-corrected chi connectivity index (χ4v) is 1.12. The third-order valence-electron chi connectivity index (χ3n) is 1.04. The molecule has 0 N–H and O–H groups in total. The van der Waals surface area contributed by atoms with Gasteiger partial charge in [-0.3, -0.25) is 0 Å². The second-order valence-electron chi connectivity index (χ2n) is 1.70. The van der Waals surface area contributed by atoms with Crippen molar-refractivity contribution in [3.05, 3.63) is 27.0 Å². The Morgan fingerprint density at radius 2 is 2.00 bits per heavy atom. The van der Waals surface area contributed by atoms with E-state index in [1.54, 1.807) is 0 Å². The summed E-state index contributed by atoms with van der Waals surface area (Å²) in [5.41, 5.74) is 0.160. The number of halogens is 3. The smallest absolute Gasteiger partial charge is 0.149 e. The molecule has 11 heavy (non-hydrogen) atoms. The predicted molar refractivity (Wildman–Crippen MR) is 44.0 cm³/mol. The van der Waals surface area contributed by atoms with Crippen molar-refractivity contribution in [3.63, 3.8) is 0 Å². The average molecular weight is 207 g/mol. The molecular weight excluding hydrogens is 206 g/mol. The van der Waals surface area contributed by atoms with Crippen molar-refractivity contribution in [2.75, 3.05) is 0 Å². The van der Waals surface area contributed by atoms with Gasteiger partial charge in [0.2, 0.25) is 0 Å².